The minimum atomic E-state index is -0.421. The molecule has 1 aromatic heterocycles. The lowest BCUT2D eigenvalue weighted by Crippen LogP contribution is -1.90. The minimum absolute atomic E-state index is 0.0795. The van der Waals surface area contributed by atoms with Crippen LogP contribution in [0.25, 0.3) is 10.1 Å². The van der Waals surface area contributed by atoms with Gasteiger partial charge in [0.05, 0.1) is 8.49 Å². The molecule has 0 aliphatic rings. The zero-order chi connectivity index (χ0) is 10.3. The Labute approximate surface area is 96.5 Å². The fourth-order valence-electron chi connectivity index (χ4n) is 1.19. The predicted molar refractivity (Wildman–Crippen MR) is 62.9 cm³/mol. The predicted octanol–water partition coefficient (Wildman–Crippen LogP) is 3.12. The van der Waals surface area contributed by atoms with Gasteiger partial charge in [0.25, 0.3) is 5.69 Å². The Morgan fingerprint density at radius 2 is 2.21 bits per heavy atom. The summed E-state index contributed by atoms with van der Waals surface area (Å²) in [6.45, 7) is 0. The highest BCUT2D eigenvalue weighted by atomic mass is 127. The van der Waals surface area contributed by atoms with Gasteiger partial charge in [0.1, 0.15) is 0 Å². The van der Waals surface area contributed by atoms with Crippen molar-refractivity contribution < 1.29 is 10.0 Å². The maximum absolute atomic E-state index is 10.6. The topological polar surface area (TPSA) is 63.4 Å². The highest BCUT2D eigenvalue weighted by Gasteiger charge is 2.15. The monoisotopic (exact) mass is 321 g/mol. The SMILES string of the molecule is O=[N+]([O-])c1ccc2sc(O)cc2c1I. The van der Waals surface area contributed by atoms with E-state index < -0.39 is 4.92 Å². The fraction of sp³-hybridized carbons (Fsp3) is 0. The van der Waals surface area contributed by atoms with Gasteiger partial charge < -0.3 is 5.11 Å². The first-order valence-corrected chi connectivity index (χ1v) is 5.54. The van der Waals surface area contributed by atoms with E-state index in [0.29, 0.717) is 3.57 Å². The number of benzene rings is 1. The molecular weight excluding hydrogens is 317 g/mol. The molecule has 6 heteroatoms. The molecule has 4 nitrogen and oxygen atoms in total. The Morgan fingerprint density at radius 3 is 2.86 bits per heavy atom. The minimum Gasteiger partial charge on any atom is -0.499 e. The van der Waals surface area contributed by atoms with Crippen LogP contribution in [0.15, 0.2) is 18.2 Å². The molecule has 72 valence electrons. The third-order valence-corrected chi connectivity index (χ3v) is 3.84. The van der Waals surface area contributed by atoms with Crippen LogP contribution < -0.4 is 0 Å². The maximum atomic E-state index is 10.6. The van der Waals surface area contributed by atoms with Crippen LogP contribution in [0.3, 0.4) is 0 Å². The molecule has 0 spiro atoms. The van der Waals surface area contributed by atoms with Crippen molar-refractivity contribution in [3.8, 4) is 5.06 Å². The molecule has 0 fully saturated rings. The van der Waals surface area contributed by atoms with Crippen molar-refractivity contribution in [2.45, 2.75) is 0 Å². The zero-order valence-electron chi connectivity index (χ0n) is 6.73. The molecule has 1 aromatic carbocycles. The maximum Gasteiger partial charge on any atom is 0.283 e. The first-order chi connectivity index (χ1) is 6.59. The average molecular weight is 321 g/mol. The van der Waals surface area contributed by atoms with Gasteiger partial charge in [-0.1, -0.05) is 11.3 Å². The van der Waals surface area contributed by atoms with E-state index >= 15 is 0 Å². The number of hydrogen-bond donors (Lipinski definition) is 1. The molecule has 14 heavy (non-hydrogen) atoms. The summed E-state index contributed by atoms with van der Waals surface area (Å²) in [5.41, 5.74) is 0.0795. The fourth-order valence-corrected chi connectivity index (χ4v) is 3.01. The molecule has 0 amide bonds. The molecule has 1 N–H and O–H groups in total. The van der Waals surface area contributed by atoms with Gasteiger partial charge in [-0.05, 0) is 28.7 Å². The van der Waals surface area contributed by atoms with Crippen molar-refractivity contribution in [3.05, 3.63) is 31.9 Å². The Bertz CT molecular complexity index is 523. The van der Waals surface area contributed by atoms with Crippen LogP contribution in [0, 0.1) is 13.7 Å². The standard InChI is InChI=1S/C8H4INO3S/c9-8-4-3-7(11)14-6(4)2-1-5(8)10(12)13/h1-3,11H. The second-order valence-electron chi connectivity index (χ2n) is 2.65. The summed E-state index contributed by atoms with van der Waals surface area (Å²) in [5, 5.41) is 20.8. The van der Waals surface area contributed by atoms with Crippen LogP contribution in [0.5, 0.6) is 5.06 Å². The van der Waals surface area contributed by atoms with E-state index in [9.17, 15) is 15.2 Å². The lowest BCUT2D eigenvalue weighted by atomic mass is 10.2. The van der Waals surface area contributed by atoms with Crippen LogP contribution in [0.4, 0.5) is 5.69 Å². The van der Waals surface area contributed by atoms with Crippen LogP contribution >= 0.6 is 33.9 Å². The summed E-state index contributed by atoms with van der Waals surface area (Å²) >= 11 is 3.14. The molecule has 0 radical (unpaired) electrons. The summed E-state index contributed by atoms with van der Waals surface area (Å²) in [5.74, 6) is 0. The van der Waals surface area contributed by atoms with Crippen molar-refractivity contribution in [2.75, 3.05) is 0 Å². The smallest absolute Gasteiger partial charge is 0.283 e. The van der Waals surface area contributed by atoms with Crippen molar-refractivity contribution in [2.24, 2.45) is 0 Å². The summed E-state index contributed by atoms with van der Waals surface area (Å²) < 4.78 is 1.43. The first kappa shape index (κ1) is 9.66. The highest BCUT2D eigenvalue weighted by Crippen LogP contribution is 2.37. The number of aromatic hydroxyl groups is 1. The van der Waals surface area contributed by atoms with Crippen LogP contribution in [0.2, 0.25) is 0 Å². The Balaban J connectivity index is 2.80. The Morgan fingerprint density at radius 1 is 1.50 bits per heavy atom. The second-order valence-corrected chi connectivity index (χ2v) is 4.79. The molecule has 0 aliphatic carbocycles. The zero-order valence-corrected chi connectivity index (χ0v) is 9.70. The molecule has 0 unspecified atom stereocenters. The number of hydrogen-bond acceptors (Lipinski definition) is 4. The normalized spacial score (nSPS) is 10.6. The van der Waals surface area contributed by atoms with E-state index in [1.165, 1.54) is 17.4 Å². The molecule has 0 atom stereocenters. The summed E-state index contributed by atoms with van der Waals surface area (Å²) in [6, 6.07) is 4.66. The lowest BCUT2D eigenvalue weighted by Gasteiger charge is -1.95. The number of halogens is 1. The van der Waals surface area contributed by atoms with Gasteiger partial charge in [-0.15, -0.1) is 0 Å². The van der Waals surface area contributed by atoms with Crippen molar-refractivity contribution >= 4 is 49.7 Å². The van der Waals surface area contributed by atoms with Crippen LogP contribution in [0.1, 0.15) is 0 Å². The molecule has 1 heterocycles. The molecule has 0 aliphatic heterocycles. The molecule has 2 aromatic rings. The quantitative estimate of drug-likeness (QED) is 0.499. The third-order valence-electron chi connectivity index (χ3n) is 1.80. The van der Waals surface area contributed by atoms with Gasteiger partial charge in [0.2, 0.25) is 0 Å². The van der Waals surface area contributed by atoms with E-state index in [1.54, 1.807) is 12.1 Å². The Kier molecular flexibility index (Phi) is 2.31. The average Bonchev–Trinajstić information content (AvgIpc) is 2.46. The number of nitro benzene ring substituents is 1. The third kappa shape index (κ3) is 1.44. The van der Waals surface area contributed by atoms with E-state index in [1.807, 2.05) is 22.6 Å². The lowest BCUT2D eigenvalue weighted by molar-refractivity contribution is -0.385. The van der Waals surface area contributed by atoms with Gasteiger partial charge in [-0.2, -0.15) is 0 Å². The van der Waals surface area contributed by atoms with Crippen LogP contribution in [-0.4, -0.2) is 10.0 Å². The van der Waals surface area contributed by atoms with Crippen molar-refractivity contribution in [1.82, 2.24) is 0 Å². The summed E-state index contributed by atoms with van der Waals surface area (Å²) in [6.07, 6.45) is 0. The van der Waals surface area contributed by atoms with E-state index in [-0.39, 0.29) is 10.8 Å². The molecule has 2 rings (SSSR count). The van der Waals surface area contributed by atoms with E-state index in [4.69, 9.17) is 0 Å². The highest BCUT2D eigenvalue weighted by molar-refractivity contribution is 14.1. The number of rotatable bonds is 1. The Hall–Kier alpha value is -0.890. The summed E-state index contributed by atoms with van der Waals surface area (Å²) in [4.78, 5) is 10.2. The number of thiophene rings is 1. The van der Waals surface area contributed by atoms with Gasteiger partial charge in [0, 0.05) is 22.2 Å². The van der Waals surface area contributed by atoms with Crippen molar-refractivity contribution in [3.63, 3.8) is 0 Å². The van der Waals surface area contributed by atoms with Crippen LogP contribution in [-0.2, 0) is 0 Å². The molecule has 0 saturated heterocycles. The summed E-state index contributed by atoms with van der Waals surface area (Å²) in [7, 11) is 0. The van der Waals surface area contributed by atoms with Gasteiger partial charge in [-0.25, -0.2) is 0 Å². The largest absolute Gasteiger partial charge is 0.499 e. The molecule has 0 bridgehead atoms. The van der Waals surface area contributed by atoms with Gasteiger partial charge in [-0.3, -0.25) is 10.1 Å². The second kappa shape index (κ2) is 3.35. The van der Waals surface area contributed by atoms with Gasteiger partial charge >= 0.3 is 0 Å². The number of fused-ring (bicyclic) bond motifs is 1. The number of nitrogens with zero attached hydrogens (tertiary/aromatic N) is 1. The molecular formula is C8H4INO3S. The van der Waals surface area contributed by atoms with E-state index in [2.05, 4.69) is 0 Å². The van der Waals surface area contributed by atoms with Crippen molar-refractivity contribution in [1.29, 1.82) is 0 Å². The van der Waals surface area contributed by atoms with Gasteiger partial charge in [0.15, 0.2) is 5.06 Å². The molecule has 0 saturated carbocycles. The van der Waals surface area contributed by atoms with E-state index in [0.717, 1.165) is 10.1 Å². The number of nitro groups is 1. The first-order valence-electron chi connectivity index (χ1n) is 3.65.